The van der Waals surface area contributed by atoms with Crippen molar-refractivity contribution < 1.29 is 9.59 Å². The van der Waals surface area contributed by atoms with E-state index in [4.69, 9.17) is 11.5 Å². The first-order valence-corrected chi connectivity index (χ1v) is 4.90. The molecule has 0 aliphatic heterocycles. The zero-order valence-corrected chi connectivity index (χ0v) is 9.07. The Morgan fingerprint density at radius 3 is 2.38 bits per heavy atom. The van der Waals surface area contributed by atoms with E-state index in [-0.39, 0.29) is 0 Å². The molecule has 0 heterocycles. The molecule has 0 spiro atoms. The lowest BCUT2D eigenvalue weighted by atomic mass is 10.1. The van der Waals surface area contributed by atoms with Gasteiger partial charge in [-0.3, -0.25) is 14.9 Å². The van der Waals surface area contributed by atoms with Crippen molar-refractivity contribution in [1.29, 1.82) is 0 Å². The van der Waals surface area contributed by atoms with Crippen LogP contribution in [0.25, 0.3) is 0 Å². The fraction of sp³-hybridized carbons (Fsp3) is 0.273. The van der Waals surface area contributed by atoms with Gasteiger partial charge < -0.3 is 11.5 Å². The van der Waals surface area contributed by atoms with Crippen LogP contribution in [0, 0.1) is 0 Å². The molecule has 5 N–H and O–H groups in total. The zero-order chi connectivity index (χ0) is 12.1. The van der Waals surface area contributed by atoms with Gasteiger partial charge in [-0.25, -0.2) is 0 Å². The number of nitrogens with two attached hydrogens (primary N) is 2. The minimum atomic E-state index is -0.729. The normalized spacial score (nSPS) is 11.9. The van der Waals surface area contributed by atoms with Crippen molar-refractivity contribution in [3.05, 3.63) is 29.8 Å². The second kappa shape index (κ2) is 5.27. The monoisotopic (exact) mass is 221 g/mol. The summed E-state index contributed by atoms with van der Waals surface area (Å²) in [7, 11) is 0. The lowest BCUT2D eigenvalue weighted by molar-refractivity contribution is -0.130. The molecule has 1 rings (SSSR count). The summed E-state index contributed by atoms with van der Waals surface area (Å²) in [6, 6.07) is 6.36. The van der Waals surface area contributed by atoms with E-state index in [2.05, 4.69) is 5.32 Å². The largest absolute Gasteiger partial charge is 0.399 e. The third-order valence-electron chi connectivity index (χ3n) is 2.07. The van der Waals surface area contributed by atoms with Crippen molar-refractivity contribution in [3.8, 4) is 0 Å². The van der Waals surface area contributed by atoms with Gasteiger partial charge in [0, 0.05) is 12.6 Å². The molecule has 0 fully saturated rings. The summed E-state index contributed by atoms with van der Waals surface area (Å²) in [5.41, 5.74) is 12.7. The Labute approximate surface area is 93.8 Å². The fourth-order valence-electron chi connectivity index (χ4n) is 1.27. The SMILES string of the molecule is CC(=O)NC(=O)[C@@H](N)Cc1ccc(N)cc1. The van der Waals surface area contributed by atoms with Crippen LogP contribution in [-0.4, -0.2) is 17.9 Å². The number of carbonyl (C=O) groups is 2. The molecule has 0 aliphatic rings. The van der Waals surface area contributed by atoms with Gasteiger partial charge in [0.15, 0.2) is 0 Å². The van der Waals surface area contributed by atoms with Crippen LogP contribution in [-0.2, 0) is 16.0 Å². The molecule has 5 nitrogen and oxygen atoms in total. The van der Waals surface area contributed by atoms with Gasteiger partial charge >= 0.3 is 0 Å². The van der Waals surface area contributed by atoms with Gasteiger partial charge in [0.2, 0.25) is 11.8 Å². The number of hydrogen-bond donors (Lipinski definition) is 3. The highest BCUT2D eigenvalue weighted by atomic mass is 16.2. The van der Waals surface area contributed by atoms with E-state index in [0.29, 0.717) is 12.1 Å². The number of benzene rings is 1. The average molecular weight is 221 g/mol. The van der Waals surface area contributed by atoms with Gasteiger partial charge in [-0.1, -0.05) is 12.1 Å². The van der Waals surface area contributed by atoms with Crippen molar-refractivity contribution in [1.82, 2.24) is 5.32 Å². The molecule has 0 saturated heterocycles. The van der Waals surface area contributed by atoms with Crippen LogP contribution in [0.4, 0.5) is 5.69 Å². The second-order valence-electron chi connectivity index (χ2n) is 3.60. The number of anilines is 1. The number of amides is 2. The van der Waals surface area contributed by atoms with Crippen LogP contribution in [0.1, 0.15) is 12.5 Å². The highest BCUT2D eigenvalue weighted by molar-refractivity contribution is 5.96. The third-order valence-corrected chi connectivity index (χ3v) is 2.07. The first-order valence-electron chi connectivity index (χ1n) is 4.90. The first-order chi connectivity index (χ1) is 7.49. The molecule has 0 aliphatic carbocycles. The van der Waals surface area contributed by atoms with Crippen molar-refractivity contribution >= 4 is 17.5 Å². The summed E-state index contributed by atoms with van der Waals surface area (Å²) in [6.07, 6.45) is 0.374. The van der Waals surface area contributed by atoms with Crippen molar-refractivity contribution in [2.24, 2.45) is 5.73 Å². The molecule has 5 heteroatoms. The van der Waals surface area contributed by atoms with Crippen molar-refractivity contribution in [2.45, 2.75) is 19.4 Å². The van der Waals surface area contributed by atoms with E-state index in [1.165, 1.54) is 6.92 Å². The van der Waals surface area contributed by atoms with Gasteiger partial charge in [0.1, 0.15) is 0 Å². The quantitative estimate of drug-likeness (QED) is 0.616. The van der Waals surface area contributed by atoms with Gasteiger partial charge in [-0.2, -0.15) is 0 Å². The molecule has 1 aromatic rings. The van der Waals surface area contributed by atoms with Crippen LogP contribution >= 0.6 is 0 Å². The maximum atomic E-state index is 11.3. The van der Waals surface area contributed by atoms with Crippen LogP contribution in [0.5, 0.6) is 0 Å². The maximum absolute atomic E-state index is 11.3. The lowest BCUT2D eigenvalue weighted by Gasteiger charge is -2.10. The molecule has 2 amide bonds. The Bertz CT molecular complexity index is 387. The highest BCUT2D eigenvalue weighted by Gasteiger charge is 2.14. The van der Waals surface area contributed by atoms with E-state index in [1.54, 1.807) is 24.3 Å². The maximum Gasteiger partial charge on any atom is 0.243 e. The van der Waals surface area contributed by atoms with Gasteiger partial charge in [0.05, 0.1) is 6.04 Å². The van der Waals surface area contributed by atoms with E-state index in [9.17, 15) is 9.59 Å². The molecule has 0 aromatic heterocycles. The smallest absolute Gasteiger partial charge is 0.243 e. The van der Waals surface area contributed by atoms with Gasteiger partial charge in [0.25, 0.3) is 0 Å². The number of nitrogens with one attached hydrogen (secondary N) is 1. The Morgan fingerprint density at radius 2 is 1.88 bits per heavy atom. The lowest BCUT2D eigenvalue weighted by Crippen LogP contribution is -2.43. The molecule has 0 radical (unpaired) electrons. The molecule has 1 atom stereocenters. The zero-order valence-electron chi connectivity index (χ0n) is 9.07. The number of rotatable bonds is 3. The van der Waals surface area contributed by atoms with Crippen molar-refractivity contribution in [2.75, 3.05) is 5.73 Å². The predicted octanol–water partition coefficient (Wildman–Crippen LogP) is -0.199. The molecular formula is C11H15N3O2. The summed E-state index contributed by atoms with van der Waals surface area (Å²) >= 11 is 0. The van der Waals surface area contributed by atoms with E-state index in [0.717, 1.165) is 5.56 Å². The highest BCUT2D eigenvalue weighted by Crippen LogP contribution is 2.07. The summed E-state index contributed by atoms with van der Waals surface area (Å²) in [5, 5.41) is 2.15. The summed E-state index contributed by atoms with van der Waals surface area (Å²) in [6.45, 7) is 1.27. The number of imide groups is 1. The Kier molecular flexibility index (Phi) is 4.02. The van der Waals surface area contributed by atoms with Gasteiger partial charge in [-0.15, -0.1) is 0 Å². The second-order valence-corrected chi connectivity index (χ2v) is 3.60. The Balaban J connectivity index is 2.57. The van der Waals surface area contributed by atoms with E-state index >= 15 is 0 Å². The molecule has 16 heavy (non-hydrogen) atoms. The summed E-state index contributed by atoms with van der Waals surface area (Å²) in [5.74, 6) is -0.873. The summed E-state index contributed by atoms with van der Waals surface area (Å²) < 4.78 is 0. The minimum absolute atomic E-state index is 0.374. The van der Waals surface area contributed by atoms with E-state index in [1.807, 2.05) is 0 Å². The molecule has 86 valence electrons. The van der Waals surface area contributed by atoms with Gasteiger partial charge in [-0.05, 0) is 24.1 Å². The predicted molar refractivity (Wildman–Crippen MR) is 61.4 cm³/mol. The number of nitrogen functional groups attached to an aromatic ring is 1. The molecule has 0 unspecified atom stereocenters. The van der Waals surface area contributed by atoms with Crippen LogP contribution in [0.15, 0.2) is 24.3 Å². The molecule has 0 bridgehead atoms. The minimum Gasteiger partial charge on any atom is -0.399 e. The topological polar surface area (TPSA) is 98.2 Å². The van der Waals surface area contributed by atoms with Crippen LogP contribution in [0.2, 0.25) is 0 Å². The van der Waals surface area contributed by atoms with Crippen LogP contribution in [0.3, 0.4) is 0 Å². The third kappa shape index (κ3) is 3.70. The summed E-state index contributed by atoms with van der Waals surface area (Å²) in [4.78, 5) is 22.0. The standard InChI is InChI=1S/C11H15N3O2/c1-7(15)14-11(16)10(13)6-8-2-4-9(12)5-3-8/h2-5,10H,6,12-13H2,1H3,(H,14,15,16)/t10-/m0/s1. The number of carbonyl (C=O) groups excluding carboxylic acids is 2. The fourth-order valence-corrected chi connectivity index (χ4v) is 1.27. The molecule has 1 aromatic carbocycles. The first kappa shape index (κ1) is 12.2. The Morgan fingerprint density at radius 1 is 1.31 bits per heavy atom. The average Bonchev–Trinajstić information content (AvgIpc) is 2.20. The van der Waals surface area contributed by atoms with E-state index < -0.39 is 17.9 Å². The molecule has 0 saturated carbocycles. The number of hydrogen-bond acceptors (Lipinski definition) is 4. The van der Waals surface area contributed by atoms with Crippen LogP contribution < -0.4 is 16.8 Å². The van der Waals surface area contributed by atoms with Crippen molar-refractivity contribution in [3.63, 3.8) is 0 Å². The molecular weight excluding hydrogens is 206 g/mol. The Hall–Kier alpha value is -1.88.